The average molecular weight is 435 g/mol. The van der Waals surface area contributed by atoms with E-state index in [0.29, 0.717) is 42.3 Å². The van der Waals surface area contributed by atoms with Crippen molar-refractivity contribution in [1.82, 2.24) is 9.80 Å². The van der Waals surface area contributed by atoms with Gasteiger partial charge in [-0.3, -0.25) is 9.59 Å². The van der Waals surface area contributed by atoms with Crippen LogP contribution in [-0.2, 0) is 0 Å². The first-order chi connectivity index (χ1) is 15.1. The summed E-state index contributed by atoms with van der Waals surface area (Å²) in [5.41, 5.74) is 3.07. The maximum atomic E-state index is 13.1. The highest BCUT2D eigenvalue weighted by Crippen LogP contribution is 2.25. The molecule has 0 radical (unpaired) electrons. The second kappa shape index (κ2) is 9.23. The van der Waals surface area contributed by atoms with Crippen LogP contribution >= 0.6 is 11.6 Å². The Morgan fingerprint density at radius 3 is 2.06 bits per heavy atom. The predicted molar refractivity (Wildman–Crippen MR) is 122 cm³/mol. The van der Waals surface area contributed by atoms with Crippen LogP contribution in [0.25, 0.3) is 11.1 Å². The van der Waals surface area contributed by atoms with E-state index in [1.54, 1.807) is 41.2 Å². The van der Waals surface area contributed by atoms with E-state index in [0.717, 1.165) is 16.9 Å². The lowest BCUT2D eigenvalue weighted by atomic mass is 10.0. The minimum atomic E-state index is -0.0993. The van der Waals surface area contributed by atoms with Crippen LogP contribution in [0, 0.1) is 0 Å². The Labute approximate surface area is 186 Å². The molecule has 3 aromatic rings. The van der Waals surface area contributed by atoms with Gasteiger partial charge in [0, 0.05) is 31.7 Å². The molecule has 0 spiro atoms. The molecule has 1 aliphatic heterocycles. The van der Waals surface area contributed by atoms with E-state index >= 15 is 0 Å². The Kier molecular flexibility index (Phi) is 6.23. The molecule has 0 bridgehead atoms. The summed E-state index contributed by atoms with van der Waals surface area (Å²) >= 11 is 6.16. The molecule has 158 valence electrons. The van der Waals surface area contributed by atoms with E-state index in [4.69, 9.17) is 16.3 Å². The SMILES string of the molecule is COc1cccc(-c2cccc(C(=O)N3CCN(C(=O)c4ccccc4Cl)CC3)c2)c1. The molecule has 1 heterocycles. The molecule has 0 aromatic heterocycles. The van der Waals surface area contributed by atoms with Crippen LogP contribution in [0.1, 0.15) is 20.7 Å². The maximum absolute atomic E-state index is 13.1. The summed E-state index contributed by atoms with van der Waals surface area (Å²) in [6.45, 7) is 1.92. The zero-order valence-corrected chi connectivity index (χ0v) is 18.0. The van der Waals surface area contributed by atoms with Crippen molar-refractivity contribution < 1.29 is 14.3 Å². The maximum Gasteiger partial charge on any atom is 0.255 e. The highest BCUT2D eigenvalue weighted by atomic mass is 35.5. The third kappa shape index (κ3) is 4.57. The zero-order valence-electron chi connectivity index (χ0n) is 17.3. The van der Waals surface area contributed by atoms with Gasteiger partial charge >= 0.3 is 0 Å². The number of methoxy groups -OCH3 is 1. The van der Waals surface area contributed by atoms with Crippen molar-refractivity contribution in [2.75, 3.05) is 33.3 Å². The third-order valence-corrected chi connectivity index (χ3v) is 5.80. The number of carbonyl (C=O) groups excluding carboxylic acids is 2. The Bertz CT molecular complexity index is 1110. The van der Waals surface area contributed by atoms with Gasteiger partial charge < -0.3 is 14.5 Å². The highest BCUT2D eigenvalue weighted by Gasteiger charge is 2.26. The van der Waals surface area contributed by atoms with E-state index in [1.165, 1.54) is 0 Å². The van der Waals surface area contributed by atoms with Crippen LogP contribution in [0.3, 0.4) is 0 Å². The number of hydrogen-bond acceptors (Lipinski definition) is 3. The van der Waals surface area contributed by atoms with Crippen molar-refractivity contribution in [3.63, 3.8) is 0 Å². The molecule has 0 N–H and O–H groups in total. The fourth-order valence-electron chi connectivity index (χ4n) is 3.73. The van der Waals surface area contributed by atoms with Crippen LogP contribution in [0.15, 0.2) is 72.8 Å². The second-order valence-electron chi connectivity index (χ2n) is 7.38. The molecule has 1 saturated heterocycles. The van der Waals surface area contributed by atoms with Crippen LogP contribution in [0.4, 0.5) is 0 Å². The number of benzene rings is 3. The molecule has 0 unspecified atom stereocenters. The fourth-order valence-corrected chi connectivity index (χ4v) is 3.95. The number of carbonyl (C=O) groups is 2. The smallest absolute Gasteiger partial charge is 0.255 e. The van der Waals surface area contributed by atoms with E-state index in [9.17, 15) is 9.59 Å². The van der Waals surface area contributed by atoms with Crippen LogP contribution < -0.4 is 4.74 Å². The van der Waals surface area contributed by atoms with Gasteiger partial charge in [0.1, 0.15) is 5.75 Å². The van der Waals surface area contributed by atoms with Gasteiger partial charge in [0.25, 0.3) is 11.8 Å². The number of rotatable bonds is 4. The molecule has 5 nitrogen and oxygen atoms in total. The molecular formula is C25H23ClN2O3. The topological polar surface area (TPSA) is 49.9 Å². The van der Waals surface area contributed by atoms with E-state index in [2.05, 4.69) is 0 Å². The Hall–Kier alpha value is -3.31. The lowest BCUT2D eigenvalue weighted by Gasteiger charge is -2.35. The van der Waals surface area contributed by atoms with Crippen molar-refractivity contribution in [2.24, 2.45) is 0 Å². The van der Waals surface area contributed by atoms with Crippen molar-refractivity contribution >= 4 is 23.4 Å². The largest absolute Gasteiger partial charge is 0.497 e. The summed E-state index contributed by atoms with van der Waals surface area (Å²) in [5, 5.41) is 0.445. The molecule has 2 amide bonds. The number of halogens is 1. The standard InChI is InChI=1S/C25H23ClN2O3/c1-31-21-9-5-7-19(17-21)18-6-4-8-20(16-18)24(29)27-12-14-28(15-13-27)25(30)22-10-2-3-11-23(22)26/h2-11,16-17H,12-15H2,1H3. The molecule has 0 atom stereocenters. The summed E-state index contributed by atoms with van der Waals surface area (Å²) in [6.07, 6.45) is 0. The fraction of sp³-hybridized carbons (Fsp3) is 0.200. The quantitative estimate of drug-likeness (QED) is 0.602. The molecule has 0 aliphatic carbocycles. The summed E-state index contributed by atoms with van der Waals surface area (Å²) in [4.78, 5) is 29.4. The summed E-state index contributed by atoms with van der Waals surface area (Å²) in [5.74, 6) is 0.640. The van der Waals surface area contributed by atoms with Crippen LogP contribution in [0.5, 0.6) is 5.75 Å². The molecule has 3 aromatic carbocycles. The minimum absolute atomic E-state index is 0.0328. The van der Waals surface area contributed by atoms with Gasteiger partial charge in [-0.25, -0.2) is 0 Å². The van der Waals surface area contributed by atoms with Crippen molar-refractivity contribution in [1.29, 1.82) is 0 Å². The van der Waals surface area contributed by atoms with Crippen LogP contribution in [-0.4, -0.2) is 54.9 Å². The molecule has 1 aliphatic rings. The monoisotopic (exact) mass is 434 g/mol. The lowest BCUT2D eigenvalue weighted by Crippen LogP contribution is -2.50. The Morgan fingerprint density at radius 2 is 1.39 bits per heavy atom. The van der Waals surface area contributed by atoms with Crippen molar-refractivity contribution in [3.05, 3.63) is 88.9 Å². The first-order valence-electron chi connectivity index (χ1n) is 10.1. The molecule has 1 fully saturated rings. The van der Waals surface area contributed by atoms with Gasteiger partial charge in [0.05, 0.1) is 17.7 Å². The molecule has 4 rings (SSSR count). The first kappa shape index (κ1) is 20.9. The van der Waals surface area contributed by atoms with Gasteiger partial charge in [-0.1, -0.05) is 48.0 Å². The number of ether oxygens (including phenoxy) is 1. The summed E-state index contributed by atoms with van der Waals surface area (Å²) in [6, 6.07) is 22.4. The van der Waals surface area contributed by atoms with E-state index in [1.807, 2.05) is 48.5 Å². The van der Waals surface area contributed by atoms with E-state index in [-0.39, 0.29) is 11.8 Å². The average Bonchev–Trinajstić information content (AvgIpc) is 2.83. The highest BCUT2D eigenvalue weighted by molar-refractivity contribution is 6.33. The molecule has 6 heteroatoms. The van der Waals surface area contributed by atoms with Gasteiger partial charge in [0.15, 0.2) is 0 Å². The first-order valence-corrected chi connectivity index (χ1v) is 10.5. The number of piperazine rings is 1. The van der Waals surface area contributed by atoms with Gasteiger partial charge in [-0.05, 0) is 47.5 Å². The number of amides is 2. The second-order valence-corrected chi connectivity index (χ2v) is 7.78. The number of hydrogen-bond donors (Lipinski definition) is 0. The van der Waals surface area contributed by atoms with Crippen molar-refractivity contribution in [2.45, 2.75) is 0 Å². The summed E-state index contributed by atoms with van der Waals surface area (Å²) < 4.78 is 5.30. The Balaban J connectivity index is 1.44. The zero-order chi connectivity index (χ0) is 21.8. The van der Waals surface area contributed by atoms with Gasteiger partial charge in [-0.2, -0.15) is 0 Å². The predicted octanol–water partition coefficient (Wildman–Crippen LogP) is 4.61. The molecule has 31 heavy (non-hydrogen) atoms. The third-order valence-electron chi connectivity index (χ3n) is 5.47. The lowest BCUT2D eigenvalue weighted by molar-refractivity contribution is 0.0535. The van der Waals surface area contributed by atoms with Crippen molar-refractivity contribution in [3.8, 4) is 16.9 Å². The normalized spacial score (nSPS) is 13.7. The van der Waals surface area contributed by atoms with E-state index < -0.39 is 0 Å². The summed E-state index contributed by atoms with van der Waals surface area (Å²) in [7, 11) is 1.63. The molecule has 0 saturated carbocycles. The molecular weight excluding hydrogens is 412 g/mol. The number of nitrogens with zero attached hydrogens (tertiary/aromatic N) is 2. The van der Waals surface area contributed by atoms with Gasteiger partial charge in [0.2, 0.25) is 0 Å². The van der Waals surface area contributed by atoms with Crippen LogP contribution in [0.2, 0.25) is 5.02 Å². The Morgan fingerprint density at radius 1 is 0.774 bits per heavy atom. The minimum Gasteiger partial charge on any atom is -0.497 e. The van der Waals surface area contributed by atoms with Gasteiger partial charge in [-0.15, -0.1) is 0 Å².